The van der Waals surface area contributed by atoms with Crippen LogP contribution in [0.15, 0.2) is 17.2 Å². The highest BCUT2D eigenvalue weighted by Gasteiger charge is 2.21. The lowest BCUT2D eigenvalue weighted by Gasteiger charge is -2.15. The molecule has 0 aliphatic rings. The Bertz CT molecular complexity index is 529. The first-order valence-corrected chi connectivity index (χ1v) is 6.65. The summed E-state index contributed by atoms with van der Waals surface area (Å²) >= 11 is 0. The molecule has 0 radical (unpaired) electrons. The van der Waals surface area contributed by atoms with Gasteiger partial charge in [-0.3, -0.25) is 4.79 Å². The average Bonchev–Trinajstić information content (AvgIpc) is 2.59. The molecule has 0 spiro atoms. The molecule has 0 saturated heterocycles. The molecule has 17 heavy (non-hydrogen) atoms. The van der Waals surface area contributed by atoms with Crippen molar-refractivity contribution in [3.05, 3.63) is 18.0 Å². The molecule has 6 nitrogen and oxygen atoms in total. The molecule has 96 valence electrons. The third kappa shape index (κ3) is 2.86. The third-order valence-electron chi connectivity index (χ3n) is 2.33. The molecule has 1 aromatic rings. The zero-order valence-corrected chi connectivity index (χ0v) is 11.2. The van der Waals surface area contributed by atoms with Crippen molar-refractivity contribution in [3.8, 4) is 0 Å². The van der Waals surface area contributed by atoms with E-state index < -0.39 is 10.0 Å². The van der Waals surface area contributed by atoms with Gasteiger partial charge >= 0.3 is 0 Å². The van der Waals surface area contributed by atoms with Crippen molar-refractivity contribution in [3.63, 3.8) is 0 Å². The lowest BCUT2D eigenvalue weighted by atomic mass is 10.3. The number of rotatable bonds is 3. The van der Waals surface area contributed by atoms with Crippen LogP contribution in [0.2, 0.25) is 0 Å². The first-order chi connectivity index (χ1) is 7.64. The SMILES string of the molecule is CC(C)n1cc(S(N)(=O)=O)cc1C(=O)N(C)C. The van der Waals surface area contributed by atoms with Gasteiger partial charge in [0.25, 0.3) is 5.91 Å². The van der Waals surface area contributed by atoms with Crippen LogP contribution in [0.5, 0.6) is 0 Å². The second kappa shape index (κ2) is 4.50. The Balaban J connectivity index is 3.39. The minimum Gasteiger partial charge on any atom is -0.343 e. The van der Waals surface area contributed by atoms with E-state index >= 15 is 0 Å². The van der Waals surface area contributed by atoms with E-state index in [0.29, 0.717) is 5.69 Å². The van der Waals surface area contributed by atoms with Crippen LogP contribution in [-0.2, 0) is 10.0 Å². The largest absolute Gasteiger partial charge is 0.343 e. The van der Waals surface area contributed by atoms with Gasteiger partial charge < -0.3 is 9.47 Å². The molecule has 0 fully saturated rings. The summed E-state index contributed by atoms with van der Waals surface area (Å²) in [5.41, 5.74) is 0.314. The minimum absolute atomic E-state index is 0.0237. The summed E-state index contributed by atoms with van der Waals surface area (Å²) in [6.45, 7) is 3.72. The van der Waals surface area contributed by atoms with Gasteiger partial charge in [-0.05, 0) is 19.9 Å². The minimum atomic E-state index is -3.79. The van der Waals surface area contributed by atoms with Crippen LogP contribution < -0.4 is 5.14 Å². The van der Waals surface area contributed by atoms with Crippen LogP contribution in [0.3, 0.4) is 0 Å². The first kappa shape index (κ1) is 13.7. The first-order valence-electron chi connectivity index (χ1n) is 5.11. The van der Waals surface area contributed by atoms with E-state index in [9.17, 15) is 13.2 Å². The summed E-state index contributed by atoms with van der Waals surface area (Å²) in [5.74, 6) is -0.256. The van der Waals surface area contributed by atoms with E-state index in [1.807, 2.05) is 13.8 Å². The molecule has 0 saturated carbocycles. The Morgan fingerprint density at radius 3 is 2.29 bits per heavy atom. The summed E-state index contributed by atoms with van der Waals surface area (Å²) in [5, 5.41) is 5.05. The van der Waals surface area contributed by atoms with Crippen molar-refractivity contribution >= 4 is 15.9 Å². The molecule has 2 N–H and O–H groups in total. The number of hydrogen-bond acceptors (Lipinski definition) is 3. The van der Waals surface area contributed by atoms with Gasteiger partial charge in [0.15, 0.2) is 0 Å². The fraction of sp³-hybridized carbons (Fsp3) is 0.500. The van der Waals surface area contributed by atoms with Crippen LogP contribution in [0, 0.1) is 0 Å². The Morgan fingerprint density at radius 2 is 1.94 bits per heavy atom. The number of nitrogens with zero attached hydrogens (tertiary/aromatic N) is 2. The molecule has 1 heterocycles. The average molecular weight is 259 g/mol. The maximum atomic E-state index is 11.9. The van der Waals surface area contributed by atoms with E-state index in [1.54, 1.807) is 18.7 Å². The molecule has 1 rings (SSSR count). The highest BCUT2D eigenvalue weighted by molar-refractivity contribution is 7.89. The summed E-state index contributed by atoms with van der Waals surface area (Å²) in [7, 11) is -0.573. The van der Waals surface area contributed by atoms with Gasteiger partial charge in [-0.25, -0.2) is 13.6 Å². The van der Waals surface area contributed by atoms with Gasteiger partial charge in [-0.15, -0.1) is 0 Å². The Hall–Kier alpha value is -1.34. The predicted octanol–water partition coefficient (Wildman–Crippen LogP) is 0.418. The van der Waals surface area contributed by atoms with Gasteiger partial charge in [0.1, 0.15) is 10.6 Å². The molecular weight excluding hydrogens is 242 g/mol. The molecular formula is C10H17N3O3S. The molecule has 0 aromatic carbocycles. The lowest BCUT2D eigenvalue weighted by Crippen LogP contribution is -2.24. The predicted molar refractivity (Wildman–Crippen MR) is 64.2 cm³/mol. The maximum absolute atomic E-state index is 11.9. The zero-order valence-electron chi connectivity index (χ0n) is 10.3. The molecule has 0 bridgehead atoms. The molecule has 0 atom stereocenters. The van der Waals surface area contributed by atoms with Gasteiger partial charge in [0.05, 0.1) is 0 Å². The number of carbonyl (C=O) groups excluding carboxylic acids is 1. The lowest BCUT2D eigenvalue weighted by molar-refractivity contribution is 0.0815. The van der Waals surface area contributed by atoms with Gasteiger partial charge in [-0.1, -0.05) is 0 Å². The highest BCUT2D eigenvalue weighted by Crippen LogP contribution is 2.18. The number of sulfonamides is 1. The van der Waals surface area contributed by atoms with Crippen LogP contribution in [0.4, 0.5) is 0 Å². The number of hydrogen-bond donors (Lipinski definition) is 1. The third-order valence-corrected chi connectivity index (χ3v) is 3.21. The standard InChI is InChI=1S/C10H17N3O3S/c1-7(2)13-6-8(17(11,15)16)5-9(13)10(14)12(3)4/h5-7H,1-4H3,(H2,11,15,16). The number of primary sulfonamides is 1. The molecule has 0 aliphatic carbocycles. The van der Waals surface area contributed by atoms with Crippen LogP contribution in [-0.4, -0.2) is 37.9 Å². The van der Waals surface area contributed by atoms with Crippen LogP contribution in [0.1, 0.15) is 30.4 Å². The normalized spacial score (nSPS) is 11.9. The fourth-order valence-corrected chi connectivity index (χ4v) is 1.97. The van der Waals surface area contributed by atoms with Crippen molar-refractivity contribution in [2.24, 2.45) is 5.14 Å². The van der Waals surface area contributed by atoms with Gasteiger partial charge in [0, 0.05) is 26.3 Å². The van der Waals surface area contributed by atoms with E-state index in [1.165, 1.54) is 17.2 Å². The van der Waals surface area contributed by atoms with E-state index in [2.05, 4.69) is 0 Å². The summed E-state index contributed by atoms with van der Waals surface area (Å²) in [4.78, 5) is 13.2. The van der Waals surface area contributed by atoms with Crippen molar-refractivity contribution in [1.29, 1.82) is 0 Å². The molecule has 1 aromatic heterocycles. The second-order valence-electron chi connectivity index (χ2n) is 4.31. The topological polar surface area (TPSA) is 85.4 Å². The Morgan fingerprint density at radius 1 is 1.41 bits per heavy atom. The van der Waals surface area contributed by atoms with E-state index in [0.717, 1.165) is 0 Å². The van der Waals surface area contributed by atoms with Crippen molar-refractivity contribution in [2.45, 2.75) is 24.8 Å². The molecule has 0 unspecified atom stereocenters. The fourth-order valence-electron chi connectivity index (χ4n) is 1.44. The zero-order chi connectivity index (χ0) is 13.4. The Kier molecular flexibility index (Phi) is 3.63. The van der Waals surface area contributed by atoms with Crippen LogP contribution >= 0.6 is 0 Å². The number of nitrogens with two attached hydrogens (primary N) is 1. The number of carbonyl (C=O) groups is 1. The monoisotopic (exact) mass is 259 g/mol. The number of amides is 1. The molecule has 1 amide bonds. The molecule has 0 aliphatic heterocycles. The summed E-state index contributed by atoms with van der Waals surface area (Å²) in [6.07, 6.45) is 1.39. The van der Waals surface area contributed by atoms with Gasteiger partial charge in [0.2, 0.25) is 10.0 Å². The van der Waals surface area contributed by atoms with Gasteiger partial charge in [-0.2, -0.15) is 0 Å². The summed E-state index contributed by atoms with van der Waals surface area (Å²) in [6, 6.07) is 1.28. The van der Waals surface area contributed by atoms with Crippen molar-refractivity contribution in [2.75, 3.05) is 14.1 Å². The Labute approximate surface area is 101 Å². The summed E-state index contributed by atoms with van der Waals surface area (Å²) < 4.78 is 24.1. The van der Waals surface area contributed by atoms with Crippen molar-refractivity contribution in [1.82, 2.24) is 9.47 Å². The maximum Gasteiger partial charge on any atom is 0.270 e. The van der Waals surface area contributed by atoms with Crippen LogP contribution in [0.25, 0.3) is 0 Å². The number of aromatic nitrogens is 1. The highest BCUT2D eigenvalue weighted by atomic mass is 32.2. The van der Waals surface area contributed by atoms with E-state index in [4.69, 9.17) is 5.14 Å². The quantitative estimate of drug-likeness (QED) is 0.853. The smallest absolute Gasteiger partial charge is 0.270 e. The second-order valence-corrected chi connectivity index (χ2v) is 5.87. The van der Waals surface area contributed by atoms with Crippen molar-refractivity contribution < 1.29 is 13.2 Å². The van der Waals surface area contributed by atoms with E-state index in [-0.39, 0.29) is 16.8 Å². The molecule has 7 heteroatoms.